The summed E-state index contributed by atoms with van der Waals surface area (Å²) in [6.07, 6.45) is 0.613. The molecule has 1 amide bonds. The Hall–Kier alpha value is -2.47. The number of hydrogen-bond donors (Lipinski definition) is 1. The molecule has 2 saturated heterocycles. The maximum atomic E-state index is 13.2. The fourth-order valence-electron chi connectivity index (χ4n) is 4.58. The smallest absolute Gasteiger partial charge is 0.295 e. The van der Waals surface area contributed by atoms with Crippen molar-refractivity contribution in [2.24, 2.45) is 0 Å². The normalized spacial score (nSPS) is 20.4. The number of ether oxygens (including phenoxy) is 1. The number of Topliss-reactive ketones (excluding diaryl/α,β-unsaturated/α-hetero) is 1. The number of rotatable bonds is 8. The fourth-order valence-corrected chi connectivity index (χ4v) is 5.79. The molecule has 38 heavy (non-hydrogen) atoms. The van der Waals surface area contributed by atoms with E-state index in [4.69, 9.17) is 27.9 Å². The van der Waals surface area contributed by atoms with Crippen LogP contribution >= 0.6 is 23.2 Å². The Morgan fingerprint density at radius 1 is 1.03 bits per heavy atom. The van der Waals surface area contributed by atoms with Crippen molar-refractivity contribution < 1.29 is 27.9 Å². The predicted octanol–water partition coefficient (Wildman–Crippen LogP) is 3.39. The van der Waals surface area contributed by atoms with E-state index in [0.717, 1.165) is 23.9 Å². The topological polar surface area (TPSA) is 107 Å². The van der Waals surface area contributed by atoms with E-state index < -0.39 is 33.5 Å². The fraction of sp³-hybridized carbons (Fsp3) is 0.385. The Kier molecular flexibility index (Phi) is 8.81. The van der Waals surface area contributed by atoms with Crippen LogP contribution < -0.4 is 0 Å². The molecule has 0 spiro atoms. The van der Waals surface area contributed by atoms with Crippen LogP contribution in [0.4, 0.5) is 0 Å². The summed E-state index contributed by atoms with van der Waals surface area (Å²) in [5, 5.41) is 11.8. The highest BCUT2D eigenvalue weighted by molar-refractivity contribution is 7.89. The molecule has 2 aromatic rings. The van der Waals surface area contributed by atoms with Crippen molar-refractivity contribution in [3.63, 3.8) is 0 Å². The van der Waals surface area contributed by atoms with Crippen molar-refractivity contribution >= 4 is 50.7 Å². The molecule has 0 aliphatic carbocycles. The summed E-state index contributed by atoms with van der Waals surface area (Å²) in [5.74, 6) is -1.95. The molecule has 0 radical (unpaired) electrons. The number of halogens is 2. The molecule has 0 saturated carbocycles. The molecule has 4 rings (SSSR count). The molecule has 2 aromatic carbocycles. The standard InChI is InChI=1S/C26H29Cl2N3O6S/c1-29(2)38(35,36)19-7-4-17(5-8-19)24(32)22-23(18-6-9-20(27)21(28)16-18)31(26(34)25(22)33)11-3-10-30-12-14-37-15-13-30/h4-9,16,23,32H,3,10-15H2,1-2H3/t23-/m1/s1. The molecule has 0 aromatic heterocycles. The van der Waals surface area contributed by atoms with Crippen molar-refractivity contribution in [3.8, 4) is 0 Å². The highest BCUT2D eigenvalue weighted by atomic mass is 35.5. The van der Waals surface area contributed by atoms with Gasteiger partial charge in [-0.2, -0.15) is 0 Å². The summed E-state index contributed by atoms with van der Waals surface area (Å²) in [5.41, 5.74) is 0.639. The number of aliphatic hydroxyl groups is 1. The Labute approximate surface area is 232 Å². The second-order valence-corrected chi connectivity index (χ2v) is 12.3. The number of ketones is 1. The Morgan fingerprint density at radius 3 is 2.29 bits per heavy atom. The predicted molar refractivity (Wildman–Crippen MR) is 145 cm³/mol. The van der Waals surface area contributed by atoms with Crippen LogP contribution in [0.1, 0.15) is 23.6 Å². The summed E-state index contributed by atoms with van der Waals surface area (Å²) >= 11 is 12.4. The number of sulfonamides is 1. The summed E-state index contributed by atoms with van der Waals surface area (Å²) in [4.78, 5) is 30.1. The molecule has 2 aliphatic rings. The minimum atomic E-state index is -3.68. The number of amides is 1. The van der Waals surface area contributed by atoms with Gasteiger partial charge in [0.25, 0.3) is 11.7 Å². The van der Waals surface area contributed by atoms with Gasteiger partial charge in [0.15, 0.2) is 0 Å². The maximum Gasteiger partial charge on any atom is 0.295 e. The lowest BCUT2D eigenvalue weighted by Gasteiger charge is -2.29. The number of aliphatic hydroxyl groups excluding tert-OH is 1. The summed E-state index contributed by atoms with van der Waals surface area (Å²) in [6, 6.07) is 9.43. The van der Waals surface area contributed by atoms with E-state index in [1.54, 1.807) is 18.2 Å². The van der Waals surface area contributed by atoms with Gasteiger partial charge in [0.2, 0.25) is 10.0 Å². The Morgan fingerprint density at radius 2 is 1.68 bits per heavy atom. The Bertz CT molecular complexity index is 1360. The summed E-state index contributed by atoms with van der Waals surface area (Å²) < 4.78 is 31.3. The number of morpholine rings is 1. The number of hydrogen-bond acceptors (Lipinski definition) is 7. The monoisotopic (exact) mass is 581 g/mol. The SMILES string of the molecule is CN(C)S(=O)(=O)c1ccc(C(O)=C2C(=O)C(=O)N(CCCN3CCOCC3)[C@@H]2c2ccc(Cl)c(Cl)c2)cc1. The number of benzene rings is 2. The van der Waals surface area contributed by atoms with E-state index in [9.17, 15) is 23.1 Å². The van der Waals surface area contributed by atoms with Crippen LogP contribution in [0, 0.1) is 0 Å². The minimum Gasteiger partial charge on any atom is -0.507 e. The third-order valence-electron chi connectivity index (χ3n) is 6.68. The van der Waals surface area contributed by atoms with Crippen molar-refractivity contribution in [1.82, 2.24) is 14.1 Å². The highest BCUT2D eigenvalue weighted by Crippen LogP contribution is 2.41. The second kappa shape index (κ2) is 11.7. The van der Waals surface area contributed by atoms with Gasteiger partial charge in [-0.1, -0.05) is 29.3 Å². The molecule has 2 fully saturated rings. The molecule has 2 aliphatic heterocycles. The van der Waals surface area contributed by atoms with Gasteiger partial charge in [0, 0.05) is 45.8 Å². The summed E-state index contributed by atoms with van der Waals surface area (Å²) in [7, 11) is -0.846. The molecular weight excluding hydrogens is 553 g/mol. The molecule has 0 unspecified atom stereocenters. The van der Waals surface area contributed by atoms with Crippen LogP contribution in [0.15, 0.2) is 52.9 Å². The third kappa shape index (κ3) is 5.75. The first kappa shape index (κ1) is 28.5. The zero-order valence-electron chi connectivity index (χ0n) is 21.1. The van der Waals surface area contributed by atoms with E-state index in [1.165, 1.54) is 43.3 Å². The van der Waals surface area contributed by atoms with Crippen molar-refractivity contribution in [3.05, 3.63) is 69.2 Å². The molecule has 1 N–H and O–H groups in total. The van der Waals surface area contributed by atoms with Crippen molar-refractivity contribution in [2.75, 3.05) is 53.5 Å². The maximum absolute atomic E-state index is 13.2. The van der Waals surface area contributed by atoms with Crippen LogP contribution in [0.2, 0.25) is 10.0 Å². The average molecular weight is 583 g/mol. The van der Waals surface area contributed by atoms with E-state index >= 15 is 0 Å². The van der Waals surface area contributed by atoms with E-state index in [-0.39, 0.29) is 27.6 Å². The Balaban J connectivity index is 1.71. The van der Waals surface area contributed by atoms with E-state index in [0.29, 0.717) is 30.2 Å². The number of nitrogens with zero attached hydrogens (tertiary/aromatic N) is 3. The van der Waals surface area contributed by atoms with Crippen LogP contribution in [-0.4, -0.2) is 92.8 Å². The van der Waals surface area contributed by atoms with Gasteiger partial charge in [-0.15, -0.1) is 0 Å². The van der Waals surface area contributed by atoms with Gasteiger partial charge < -0.3 is 14.7 Å². The largest absolute Gasteiger partial charge is 0.507 e. The van der Waals surface area contributed by atoms with Gasteiger partial charge in [-0.3, -0.25) is 14.5 Å². The lowest BCUT2D eigenvalue weighted by atomic mass is 9.95. The quantitative estimate of drug-likeness (QED) is 0.289. The number of likely N-dealkylation sites (tertiary alicyclic amines) is 1. The van der Waals surface area contributed by atoms with Gasteiger partial charge in [-0.25, -0.2) is 12.7 Å². The summed E-state index contributed by atoms with van der Waals surface area (Å²) in [6.45, 7) is 3.92. The molecule has 204 valence electrons. The van der Waals surface area contributed by atoms with Gasteiger partial charge in [-0.05, 0) is 48.4 Å². The van der Waals surface area contributed by atoms with Crippen LogP contribution in [0.25, 0.3) is 5.76 Å². The zero-order chi connectivity index (χ0) is 27.6. The molecule has 0 bridgehead atoms. The lowest BCUT2D eigenvalue weighted by molar-refractivity contribution is -0.140. The number of carbonyl (C=O) groups excluding carboxylic acids is 2. The van der Waals surface area contributed by atoms with Crippen molar-refractivity contribution in [1.29, 1.82) is 0 Å². The second-order valence-electron chi connectivity index (χ2n) is 9.29. The van der Waals surface area contributed by atoms with E-state index in [1.807, 2.05) is 0 Å². The number of carbonyl (C=O) groups is 2. The molecule has 12 heteroatoms. The third-order valence-corrected chi connectivity index (χ3v) is 9.25. The lowest BCUT2D eigenvalue weighted by Crippen LogP contribution is -2.38. The first-order chi connectivity index (χ1) is 18.0. The zero-order valence-corrected chi connectivity index (χ0v) is 23.4. The van der Waals surface area contributed by atoms with Gasteiger partial charge in [0.1, 0.15) is 5.76 Å². The van der Waals surface area contributed by atoms with Crippen LogP contribution in [0.3, 0.4) is 0 Å². The first-order valence-corrected chi connectivity index (χ1v) is 14.3. The van der Waals surface area contributed by atoms with Crippen LogP contribution in [-0.2, 0) is 24.3 Å². The first-order valence-electron chi connectivity index (χ1n) is 12.1. The molecule has 9 nitrogen and oxygen atoms in total. The molecule has 1 atom stereocenters. The van der Waals surface area contributed by atoms with Gasteiger partial charge >= 0.3 is 0 Å². The van der Waals surface area contributed by atoms with Crippen molar-refractivity contribution in [2.45, 2.75) is 17.4 Å². The highest BCUT2D eigenvalue weighted by Gasteiger charge is 2.46. The van der Waals surface area contributed by atoms with E-state index in [2.05, 4.69) is 4.90 Å². The average Bonchev–Trinajstić information content (AvgIpc) is 3.15. The van der Waals surface area contributed by atoms with Gasteiger partial charge in [0.05, 0.1) is 39.8 Å². The molecular formula is C26H29Cl2N3O6S. The minimum absolute atomic E-state index is 0.0312. The molecule has 2 heterocycles. The van der Waals surface area contributed by atoms with Crippen LogP contribution in [0.5, 0.6) is 0 Å².